The number of nitrogens with one attached hydrogen (secondary N) is 1. The lowest BCUT2D eigenvalue weighted by molar-refractivity contribution is -0.890. The molecule has 0 bridgehead atoms. The lowest BCUT2D eigenvalue weighted by Gasteiger charge is -2.29. The Hall–Kier alpha value is -2.37. The number of ketones is 1. The second-order valence-electron chi connectivity index (χ2n) is 9.47. The molecule has 10 heteroatoms. The van der Waals surface area contributed by atoms with Crippen molar-refractivity contribution in [2.45, 2.75) is 32.4 Å². The summed E-state index contributed by atoms with van der Waals surface area (Å²) in [5, 5.41) is 11.6. The molecule has 0 saturated carbocycles. The van der Waals surface area contributed by atoms with Crippen LogP contribution in [0, 0.1) is 0 Å². The average molecular weight is 507 g/mol. The first kappa shape index (κ1) is 29.9. The summed E-state index contributed by atoms with van der Waals surface area (Å²) in [6.45, 7) is 7.69. The van der Waals surface area contributed by atoms with Gasteiger partial charge in [-0.25, -0.2) is 4.68 Å². The van der Waals surface area contributed by atoms with Gasteiger partial charge in [-0.3, -0.25) is 4.79 Å². The van der Waals surface area contributed by atoms with E-state index < -0.39 is 0 Å². The predicted molar refractivity (Wildman–Crippen MR) is 138 cm³/mol. The van der Waals surface area contributed by atoms with Crippen molar-refractivity contribution in [2.24, 2.45) is 0 Å². The van der Waals surface area contributed by atoms with Crippen molar-refractivity contribution in [1.82, 2.24) is 20.3 Å². The number of likely N-dealkylation sites (N-methyl/N-ethyl adjacent to an activating group) is 2. The zero-order valence-electron chi connectivity index (χ0n) is 22.6. The number of Topliss-reactive ketones (excluding diaryl/α,β-unsaturated/α-hetero) is 1. The first-order valence-electron chi connectivity index (χ1n) is 12.6. The topological polar surface area (TPSA) is 96.7 Å². The van der Waals surface area contributed by atoms with Crippen LogP contribution in [0.5, 0.6) is 5.75 Å². The molecule has 10 nitrogen and oxygen atoms in total. The normalized spacial score (nSPS) is 12.6. The van der Waals surface area contributed by atoms with Gasteiger partial charge in [-0.1, -0.05) is 17.3 Å². The van der Waals surface area contributed by atoms with Gasteiger partial charge in [0.2, 0.25) is 0 Å². The van der Waals surface area contributed by atoms with E-state index in [1.54, 1.807) is 21.1 Å². The zero-order chi connectivity index (χ0) is 26.2. The fraction of sp³-hybridized carbons (Fsp3) is 0.654. The van der Waals surface area contributed by atoms with E-state index in [0.717, 1.165) is 41.0 Å². The highest BCUT2D eigenvalue weighted by molar-refractivity contribution is 5.81. The van der Waals surface area contributed by atoms with Crippen LogP contribution < -0.4 is 10.1 Å². The van der Waals surface area contributed by atoms with E-state index >= 15 is 0 Å². The van der Waals surface area contributed by atoms with Crippen LogP contribution in [0.3, 0.4) is 0 Å². The highest BCUT2D eigenvalue weighted by atomic mass is 16.5. The second-order valence-corrected chi connectivity index (χ2v) is 9.47. The summed E-state index contributed by atoms with van der Waals surface area (Å²) in [6, 6.07) is 7.71. The van der Waals surface area contributed by atoms with Crippen molar-refractivity contribution in [3.05, 3.63) is 41.7 Å². The molecule has 0 saturated heterocycles. The Morgan fingerprint density at radius 1 is 1.03 bits per heavy atom. The minimum Gasteiger partial charge on any atom is -0.492 e. The van der Waals surface area contributed by atoms with Crippen LogP contribution in [0.2, 0.25) is 0 Å². The van der Waals surface area contributed by atoms with E-state index in [0.29, 0.717) is 52.6 Å². The molecule has 1 N–H and O–H groups in total. The molecule has 0 aliphatic heterocycles. The van der Waals surface area contributed by atoms with E-state index in [4.69, 9.17) is 18.9 Å². The molecule has 0 radical (unpaired) electrons. The summed E-state index contributed by atoms with van der Waals surface area (Å²) in [7, 11) is 7.86. The van der Waals surface area contributed by atoms with Crippen molar-refractivity contribution in [1.29, 1.82) is 0 Å². The number of ether oxygens (including phenoxy) is 4. The standard InChI is InChI=1S/C26H44N5O5/c1-22(32)26(27-2)20-23-6-8-25(9-7-23)36-14-11-30-21-24(28-29-30)10-12-31(3,4)13-15-34-18-19-35-17-16-33-5/h6-9,21,26-27H,10-20H2,1-5H3/q+1. The summed E-state index contributed by atoms with van der Waals surface area (Å²) >= 11 is 0. The smallest absolute Gasteiger partial charge is 0.147 e. The molecule has 1 atom stereocenters. The fourth-order valence-corrected chi connectivity index (χ4v) is 3.53. The number of hydrogen-bond acceptors (Lipinski definition) is 8. The Bertz CT molecular complexity index is 872. The molecule has 0 aliphatic rings. The lowest BCUT2D eigenvalue weighted by atomic mass is 10.0. The van der Waals surface area contributed by atoms with Crippen LogP contribution in [0.25, 0.3) is 0 Å². The molecular formula is C26H44N5O5+. The maximum absolute atomic E-state index is 11.6. The van der Waals surface area contributed by atoms with Gasteiger partial charge in [-0.05, 0) is 38.1 Å². The van der Waals surface area contributed by atoms with Gasteiger partial charge in [-0.15, -0.1) is 5.10 Å². The average Bonchev–Trinajstić information content (AvgIpc) is 3.31. The number of carbonyl (C=O) groups is 1. The van der Waals surface area contributed by atoms with Gasteiger partial charge in [0.05, 0.1) is 72.0 Å². The summed E-state index contributed by atoms with van der Waals surface area (Å²) < 4.78 is 24.5. The summed E-state index contributed by atoms with van der Waals surface area (Å²) in [6.07, 6.45) is 3.50. The van der Waals surface area contributed by atoms with E-state index in [1.807, 2.05) is 35.1 Å². The molecule has 1 unspecified atom stereocenters. The van der Waals surface area contributed by atoms with Crippen LogP contribution in [-0.4, -0.2) is 112 Å². The van der Waals surface area contributed by atoms with Gasteiger partial charge >= 0.3 is 0 Å². The summed E-state index contributed by atoms with van der Waals surface area (Å²) in [4.78, 5) is 11.6. The first-order chi connectivity index (χ1) is 17.3. The summed E-state index contributed by atoms with van der Waals surface area (Å²) in [5.74, 6) is 0.933. The van der Waals surface area contributed by atoms with Gasteiger partial charge in [0, 0.05) is 19.7 Å². The number of rotatable bonds is 20. The molecule has 0 fully saturated rings. The van der Waals surface area contributed by atoms with E-state index in [-0.39, 0.29) is 11.8 Å². The molecule has 0 spiro atoms. The number of aromatic nitrogens is 3. The third kappa shape index (κ3) is 12.0. The third-order valence-corrected chi connectivity index (χ3v) is 6.00. The largest absolute Gasteiger partial charge is 0.492 e. The Morgan fingerprint density at radius 2 is 1.72 bits per heavy atom. The number of nitrogens with zero attached hydrogens (tertiary/aromatic N) is 4. The molecule has 1 aromatic carbocycles. The quantitative estimate of drug-likeness (QED) is 0.213. The highest BCUT2D eigenvalue weighted by Gasteiger charge is 2.16. The zero-order valence-corrected chi connectivity index (χ0v) is 22.6. The second kappa shape index (κ2) is 16.4. The molecule has 2 aromatic rings. The van der Waals surface area contributed by atoms with E-state index in [1.165, 1.54) is 0 Å². The SMILES string of the molecule is CNC(Cc1ccc(OCCn2cc(CC[N+](C)(C)CCOCCOCCOC)nn2)cc1)C(C)=O. The van der Waals surface area contributed by atoms with Crippen LogP contribution in [-0.2, 0) is 38.4 Å². The van der Waals surface area contributed by atoms with Gasteiger partial charge in [0.1, 0.15) is 24.7 Å². The van der Waals surface area contributed by atoms with Crippen LogP contribution >= 0.6 is 0 Å². The molecule has 1 aromatic heterocycles. The molecule has 0 aliphatic carbocycles. The number of hydrogen-bond donors (Lipinski definition) is 1. The maximum Gasteiger partial charge on any atom is 0.147 e. The fourth-order valence-electron chi connectivity index (χ4n) is 3.53. The summed E-state index contributed by atoms with van der Waals surface area (Å²) in [5.41, 5.74) is 2.07. The minimum atomic E-state index is -0.160. The molecule has 0 amide bonds. The Labute approximate surface area is 215 Å². The molecule has 2 rings (SSSR count). The van der Waals surface area contributed by atoms with Crippen LogP contribution in [0.1, 0.15) is 18.2 Å². The van der Waals surface area contributed by atoms with Gasteiger partial charge in [0.15, 0.2) is 0 Å². The van der Waals surface area contributed by atoms with Gasteiger partial charge < -0.3 is 28.7 Å². The monoisotopic (exact) mass is 506 g/mol. The van der Waals surface area contributed by atoms with Gasteiger partial charge in [-0.2, -0.15) is 0 Å². The van der Waals surface area contributed by atoms with Crippen molar-refractivity contribution in [2.75, 3.05) is 81.0 Å². The number of carbonyl (C=O) groups excluding carboxylic acids is 1. The van der Waals surface area contributed by atoms with Crippen molar-refractivity contribution >= 4 is 5.78 Å². The molecule has 36 heavy (non-hydrogen) atoms. The van der Waals surface area contributed by atoms with Crippen molar-refractivity contribution in [3.63, 3.8) is 0 Å². The molecular weight excluding hydrogens is 462 g/mol. The van der Waals surface area contributed by atoms with Gasteiger partial charge in [0.25, 0.3) is 0 Å². The molecule has 1 heterocycles. The highest BCUT2D eigenvalue weighted by Crippen LogP contribution is 2.14. The van der Waals surface area contributed by atoms with E-state index in [2.05, 4.69) is 29.7 Å². The number of quaternary nitrogens is 1. The maximum atomic E-state index is 11.6. The predicted octanol–water partition coefficient (Wildman–Crippen LogP) is 1.38. The lowest BCUT2D eigenvalue weighted by Crippen LogP contribution is -2.44. The Kier molecular flexibility index (Phi) is 13.6. The van der Waals surface area contributed by atoms with E-state index in [9.17, 15) is 4.79 Å². The Balaban J connectivity index is 1.63. The minimum absolute atomic E-state index is 0.136. The number of methoxy groups -OCH3 is 1. The molecule has 202 valence electrons. The Morgan fingerprint density at radius 3 is 2.39 bits per heavy atom. The van der Waals surface area contributed by atoms with Crippen molar-refractivity contribution < 1.29 is 28.2 Å². The number of benzene rings is 1. The first-order valence-corrected chi connectivity index (χ1v) is 12.6. The third-order valence-electron chi connectivity index (χ3n) is 6.00. The van der Waals surface area contributed by atoms with Crippen molar-refractivity contribution in [3.8, 4) is 5.75 Å². The van der Waals surface area contributed by atoms with Crippen LogP contribution in [0.4, 0.5) is 0 Å². The van der Waals surface area contributed by atoms with Crippen LogP contribution in [0.15, 0.2) is 30.5 Å².